The quantitative estimate of drug-likeness (QED) is 0.795. The molecule has 140 valence electrons. The third-order valence-corrected chi connectivity index (χ3v) is 5.78. The number of para-hydroxylation sites is 1. The van der Waals surface area contributed by atoms with Crippen LogP contribution in [0.4, 0.5) is 5.69 Å². The van der Waals surface area contributed by atoms with E-state index in [0.717, 1.165) is 11.4 Å². The van der Waals surface area contributed by atoms with Crippen LogP contribution in [0.1, 0.15) is 17.2 Å². The maximum Gasteiger partial charge on any atom is 0.240 e. The Morgan fingerprint density at radius 3 is 2.36 bits per heavy atom. The van der Waals surface area contributed by atoms with Crippen molar-refractivity contribution in [2.24, 2.45) is 11.8 Å². The molecule has 1 aromatic carbocycles. The van der Waals surface area contributed by atoms with E-state index in [2.05, 4.69) is 15.3 Å². The molecule has 4 heterocycles. The highest BCUT2D eigenvalue weighted by Gasteiger charge is 2.68. The molecule has 2 bridgehead atoms. The van der Waals surface area contributed by atoms with E-state index in [1.54, 1.807) is 30.3 Å². The molecule has 0 aliphatic carbocycles. The lowest BCUT2D eigenvalue weighted by atomic mass is 9.80. The fourth-order valence-electron chi connectivity index (χ4n) is 4.68. The molecule has 4 atom stereocenters. The second kappa shape index (κ2) is 5.65. The number of hydrogen-bond donors (Lipinski definition) is 1. The van der Waals surface area contributed by atoms with Crippen molar-refractivity contribution in [2.75, 3.05) is 4.90 Å². The summed E-state index contributed by atoms with van der Waals surface area (Å²) in [6, 6.07) is 9.90. The molecule has 2 saturated heterocycles. The van der Waals surface area contributed by atoms with Crippen LogP contribution in [0.25, 0.3) is 0 Å². The Morgan fingerprint density at radius 2 is 1.68 bits per heavy atom. The molecule has 7 heteroatoms. The minimum atomic E-state index is -1.07. The van der Waals surface area contributed by atoms with Crippen LogP contribution >= 0.6 is 0 Å². The van der Waals surface area contributed by atoms with E-state index in [-0.39, 0.29) is 17.6 Å². The lowest BCUT2D eigenvalue weighted by molar-refractivity contribution is -0.126. The van der Waals surface area contributed by atoms with E-state index in [4.69, 9.17) is 0 Å². The molecule has 2 amide bonds. The molecular weight excluding hydrogens is 356 g/mol. The van der Waals surface area contributed by atoms with Crippen LogP contribution in [0.2, 0.25) is 0 Å². The fraction of sp³-hybridized carbons (Fsp3) is 0.286. The Bertz CT molecular complexity index is 1040. The maximum atomic E-state index is 13.5. The van der Waals surface area contributed by atoms with Crippen LogP contribution in [0.3, 0.4) is 0 Å². The number of amides is 2. The maximum absolute atomic E-state index is 13.5. The fourth-order valence-corrected chi connectivity index (χ4v) is 4.68. The van der Waals surface area contributed by atoms with Crippen LogP contribution in [-0.4, -0.2) is 33.6 Å². The summed E-state index contributed by atoms with van der Waals surface area (Å²) in [5.41, 5.74) is 0.968. The second-order valence-electron chi connectivity index (χ2n) is 7.55. The normalized spacial score (nSPS) is 30.9. The number of imide groups is 1. The first kappa shape index (κ1) is 16.9. The number of nitrogens with one attached hydrogen (secondary N) is 1. The topological polar surface area (TPSA) is 92.3 Å². The number of ketones is 1. The molecule has 1 N–H and O–H groups in total. The van der Waals surface area contributed by atoms with Crippen LogP contribution in [0.15, 0.2) is 48.6 Å². The molecule has 7 nitrogen and oxygen atoms in total. The van der Waals surface area contributed by atoms with Crippen LogP contribution in [-0.2, 0) is 19.9 Å². The van der Waals surface area contributed by atoms with Crippen LogP contribution in [0, 0.1) is 25.7 Å². The van der Waals surface area contributed by atoms with Gasteiger partial charge in [0.2, 0.25) is 11.8 Å². The summed E-state index contributed by atoms with van der Waals surface area (Å²) in [7, 11) is 0. The zero-order valence-electron chi connectivity index (χ0n) is 15.4. The third-order valence-electron chi connectivity index (χ3n) is 5.78. The first-order valence-electron chi connectivity index (χ1n) is 9.19. The number of carbonyl (C=O) groups is 3. The molecular formula is C21H18N4O3. The molecule has 1 aromatic heterocycles. The molecule has 5 rings (SSSR count). The predicted molar refractivity (Wildman–Crippen MR) is 100 cm³/mol. The van der Waals surface area contributed by atoms with Crippen LogP contribution < -0.4 is 10.2 Å². The average Bonchev–Trinajstić information content (AvgIpc) is 3.11. The monoisotopic (exact) mass is 374 g/mol. The Labute approximate surface area is 161 Å². The van der Waals surface area contributed by atoms with E-state index in [1.807, 2.05) is 26.0 Å². The van der Waals surface area contributed by atoms with Gasteiger partial charge in [0.05, 0.1) is 23.6 Å². The number of fused-ring (bicyclic) bond motifs is 5. The van der Waals surface area contributed by atoms with Gasteiger partial charge in [-0.2, -0.15) is 0 Å². The van der Waals surface area contributed by atoms with Crippen molar-refractivity contribution >= 4 is 23.3 Å². The number of aromatic nitrogens is 2. The standard InChI is InChI=1S/C21H18N4O3/c1-11-10-12(2)23-20(22-11)21-9-8-14(26)17(24-21)15-16(21)19(28)25(18(15)27)13-6-4-3-5-7-13/h3-10,15-17,24H,1-2H3. The Balaban J connectivity index is 1.70. The van der Waals surface area contributed by atoms with E-state index in [0.29, 0.717) is 11.5 Å². The van der Waals surface area contributed by atoms with Gasteiger partial charge in [0, 0.05) is 11.4 Å². The second-order valence-corrected chi connectivity index (χ2v) is 7.55. The molecule has 2 fully saturated rings. The summed E-state index contributed by atoms with van der Waals surface area (Å²) >= 11 is 0. The summed E-state index contributed by atoms with van der Waals surface area (Å²) in [6.45, 7) is 3.71. The van der Waals surface area contributed by atoms with Gasteiger partial charge in [-0.15, -0.1) is 0 Å². The number of hydrogen-bond acceptors (Lipinski definition) is 6. The zero-order chi connectivity index (χ0) is 19.6. The van der Waals surface area contributed by atoms with Gasteiger partial charge >= 0.3 is 0 Å². The average molecular weight is 374 g/mol. The van der Waals surface area contributed by atoms with Crippen molar-refractivity contribution < 1.29 is 14.4 Å². The van der Waals surface area contributed by atoms with Crippen molar-refractivity contribution in [2.45, 2.75) is 25.4 Å². The van der Waals surface area contributed by atoms with E-state index >= 15 is 0 Å². The van der Waals surface area contributed by atoms with E-state index in [9.17, 15) is 14.4 Å². The summed E-state index contributed by atoms with van der Waals surface area (Å²) in [4.78, 5) is 49.5. The van der Waals surface area contributed by atoms with Gasteiger partial charge in [-0.25, -0.2) is 14.9 Å². The zero-order valence-corrected chi connectivity index (χ0v) is 15.4. The predicted octanol–water partition coefficient (Wildman–Crippen LogP) is 1.21. The summed E-state index contributed by atoms with van der Waals surface area (Å²) in [6.07, 6.45) is 3.11. The minimum Gasteiger partial charge on any atom is -0.293 e. The number of nitrogens with zero attached hydrogens (tertiary/aromatic N) is 3. The van der Waals surface area contributed by atoms with Crippen molar-refractivity contribution in [3.8, 4) is 0 Å². The largest absolute Gasteiger partial charge is 0.293 e. The number of rotatable bonds is 2. The smallest absolute Gasteiger partial charge is 0.240 e. The first-order valence-corrected chi connectivity index (χ1v) is 9.19. The molecule has 28 heavy (non-hydrogen) atoms. The van der Waals surface area contributed by atoms with Crippen molar-refractivity contribution in [1.29, 1.82) is 0 Å². The molecule has 3 aliphatic rings. The number of aryl methyl sites for hydroxylation is 2. The number of benzene rings is 1. The van der Waals surface area contributed by atoms with Gasteiger partial charge in [0.1, 0.15) is 5.54 Å². The number of carbonyl (C=O) groups excluding carboxylic acids is 3. The Kier molecular flexibility index (Phi) is 3.42. The highest BCUT2D eigenvalue weighted by Crippen LogP contribution is 2.50. The molecule has 4 unspecified atom stereocenters. The highest BCUT2D eigenvalue weighted by atomic mass is 16.2. The molecule has 3 aliphatic heterocycles. The van der Waals surface area contributed by atoms with Gasteiger partial charge in [0.15, 0.2) is 11.6 Å². The van der Waals surface area contributed by atoms with Gasteiger partial charge in [-0.05, 0) is 38.1 Å². The Hall–Kier alpha value is -3.19. The number of anilines is 1. The van der Waals surface area contributed by atoms with E-state index in [1.165, 1.54) is 11.0 Å². The van der Waals surface area contributed by atoms with Crippen molar-refractivity contribution in [3.63, 3.8) is 0 Å². The van der Waals surface area contributed by atoms with Crippen LogP contribution in [0.5, 0.6) is 0 Å². The molecule has 2 aromatic rings. The summed E-state index contributed by atoms with van der Waals surface area (Å²) in [5.74, 6) is -2.03. The van der Waals surface area contributed by atoms with Crippen molar-refractivity contribution in [3.05, 3.63) is 65.8 Å². The highest BCUT2D eigenvalue weighted by molar-refractivity contribution is 6.25. The van der Waals surface area contributed by atoms with Gasteiger partial charge in [-0.1, -0.05) is 24.3 Å². The minimum absolute atomic E-state index is 0.205. The first-order chi connectivity index (χ1) is 13.4. The molecule has 0 saturated carbocycles. The molecule has 0 radical (unpaired) electrons. The lowest BCUT2D eigenvalue weighted by Gasteiger charge is -2.33. The summed E-state index contributed by atoms with van der Waals surface area (Å²) in [5, 5.41) is 3.23. The van der Waals surface area contributed by atoms with Crippen molar-refractivity contribution in [1.82, 2.24) is 15.3 Å². The third kappa shape index (κ3) is 2.10. The SMILES string of the molecule is Cc1cc(C)nc(C23C=CC(=O)C(N2)C2C(=O)N(c4ccccc4)C(=O)C23)n1. The lowest BCUT2D eigenvalue weighted by Crippen LogP contribution is -2.53. The van der Waals surface area contributed by atoms with Gasteiger partial charge in [-0.3, -0.25) is 19.7 Å². The Morgan fingerprint density at radius 1 is 1.00 bits per heavy atom. The molecule has 0 spiro atoms. The van der Waals surface area contributed by atoms with E-state index < -0.39 is 23.4 Å². The van der Waals surface area contributed by atoms with Gasteiger partial charge < -0.3 is 0 Å². The summed E-state index contributed by atoms with van der Waals surface area (Å²) < 4.78 is 0. The van der Waals surface area contributed by atoms with Gasteiger partial charge in [0.25, 0.3) is 0 Å².